The Kier molecular flexibility index (Phi) is 5.96. The Bertz CT molecular complexity index is 1010. The number of ketones is 1. The minimum Gasteiger partial charge on any atom is -0.456 e. The summed E-state index contributed by atoms with van der Waals surface area (Å²) >= 11 is 0. The van der Waals surface area contributed by atoms with Gasteiger partial charge in [-0.2, -0.15) is 0 Å². The van der Waals surface area contributed by atoms with E-state index in [2.05, 4.69) is 32.9 Å². The second-order valence-corrected chi connectivity index (χ2v) is 13.8. The van der Waals surface area contributed by atoms with Crippen molar-refractivity contribution in [2.75, 3.05) is 0 Å². The molecule has 36 heavy (non-hydrogen) atoms. The van der Waals surface area contributed by atoms with Gasteiger partial charge in [-0.25, -0.2) is 4.79 Å². The van der Waals surface area contributed by atoms with Crippen LogP contribution in [0.1, 0.15) is 85.0 Å². The topological polar surface area (TPSA) is 60.4 Å². The van der Waals surface area contributed by atoms with E-state index >= 15 is 0 Å². The Morgan fingerprint density at radius 2 is 1.78 bits per heavy atom. The van der Waals surface area contributed by atoms with Gasteiger partial charge >= 0.3 is 5.97 Å². The summed E-state index contributed by atoms with van der Waals surface area (Å²) in [4.78, 5) is 37.6. The fraction of sp³-hybridized carbons (Fsp3) is 0.719. The van der Waals surface area contributed by atoms with E-state index in [0.717, 1.165) is 74.6 Å². The summed E-state index contributed by atoms with van der Waals surface area (Å²) in [5, 5.41) is 0. The summed E-state index contributed by atoms with van der Waals surface area (Å²) in [6.07, 6.45) is 19.8. The highest BCUT2D eigenvalue weighted by molar-refractivity contribution is 6.01. The number of aldehydes is 1. The third kappa shape index (κ3) is 4.07. The Balaban J connectivity index is 1.15. The number of fused-ring (bicyclic) bond motifs is 2. The molecule has 0 amide bonds. The van der Waals surface area contributed by atoms with Crippen LogP contribution in [0.3, 0.4) is 0 Å². The number of hydrogen-bond acceptors (Lipinski definition) is 4. The number of hydrogen-bond donors (Lipinski definition) is 0. The minimum atomic E-state index is -0.281. The molecule has 0 saturated heterocycles. The molecule has 5 fully saturated rings. The molecular formula is C32H42O4. The van der Waals surface area contributed by atoms with Gasteiger partial charge in [-0.1, -0.05) is 31.6 Å². The van der Waals surface area contributed by atoms with Crippen LogP contribution in [-0.4, -0.2) is 23.6 Å². The predicted octanol–water partition coefficient (Wildman–Crippen LogP) is 6.40. The molecular weight excluding hydrogens is 448 g/mol. The fourth-order valence-corrected chi connectivity index (χ4v) is 10.1. The molecule has 0 unspecified atom stereocenters. The molecule has 0 aromatic heterocycles. The fourth-order valence-electron chi connectivity index (χ4n) is 10.1. The van der Waals surface area contributed by atoms with E-state index in [0.29, 0.717) is 17.4 Å². The van der Waals surface area contributed by atoms with Crippen LogP contribution in [0.4, 0.5) is 0 Å². The van der Waals surface area contributed by atoms with Crippen molar-refractivity contribution in [1.82, 2.24) is 0 Å². The molecule has 0 aromatic rings. The van der Waals surface area contributed by atoms with Crippen molar-refractivity contribution in [1.29, 1.82) is 0 Å². The van der Waals surface area contributed by atoms with Crippen molar-refractivity contribution >= 4 is 18.0 Å². The van der Waals surface area contributed by atoms with Crippen molar-refractivity contribution in [2.45, 2.75) is 90.6 Å². The minimum absolute atomic E-state index is 0.0984. The van der Waals surface area contributed by atoms with Gasteiger partial charge < -0.3 is 4.74 Å². The molecule has 0 heterocycles. The first kappa shape index (κ1) is 24.4. The maximum atomic E-state index is 13.0. The molecule has 4 nitrogen and oxygen atoms in total. The van der Waals surface area contributed by atoms with E-state index in [4.69, 9.17) is 4.74 Å². The van der Waals surface area contributed by atoms with Gasteiger partial charge in [-0.05, 0) is 130 Å². The van der Waals surface area contributed by atoms with Crippen molar-refractivity contribution in [3.63, 3.8) is 0 Å². The highest BCUT2D eigenvalue weighted by Crippen LogP contribution is 2.59. The van der Waals surface area contributed by atoms with Gasteiger partial charge in [0.1, 0.15) is 11.9 Å². The average molecular weight is 491 g/mol. The van der Waals surface area contributed by atoms with Gasteiger partial charge in [0.25, 0.3) is 0 Å². The number of carbonyl (C=O) groups excluding carboxylic acids is 3. The Hall–Kier alpha value is -1.97. The number of esters is 1. The van der Waals surface area contributed by atoms with Crippen LogP contribution in [0.5, 0.6) is 0 Å². The van der Waals surface area contributed by atoms with Gasteiger partial charge in [0, 0.05) is 6.08 Å². The molecule has 0 aromatic carbocycles. The van der Waals surface area contributed by atoms with Crippen LogP contribution in [0, 0.1) is 52.8 Å². The molecule has 0 spiro atoms. The molecule has 194 valence electrons. The first-order valence-electron chi connectivity index (χ1n) is 14.5. The molecule has 6 atom stereocenters. The smallest absolute Gasteiger partial charge is 0.330 e. The molecule has 7 aliphatic carbocycles. The second kappa shape index (κ2) is 8.81. The second-order valence-electron chi connectivity index (χ2n) is 13.8. The maximum Gasteiger partial charge on any atom is 0.330 e. The summed E-state index contributed by atoms with van der Waals surface area (Å²) < 4.78 is 6.21. The third-order valence-corrected chi connectivity index (χ3v) is 11.4. The van der Waals surface area contributed by atoms with Crippen molar-refractivity contribution < 1.29 is 19.1 Å². The lowest BCUT2D eigenvalue weighted by Crippen LogP contribution is -2.52. The predicted molar refractivity (Wildman–Crippen MR) is 139 cm³/mol. The Morgan fingerprint density at radius 1 is 1.11 bits per heavy atom. The van der Waals surface area contributed by atoms with Crippen molar-refractivity contribution in [3.05, 3.63) is 35.5 Å². The zero-order chi connectivity index (χ0) is 25.2. The van der Waals surface area contributed by atoms with Crippen molar-refractivity contribution in [2.24, 2.45) is 52.8 Å². The third-order valence-electron chi connectivity index (χ3n) is 11.4. The molecule has 5 saturated carbocycles. The first-order chi connectivity index (χ1) is 17.2. The van der Waals surface area contributed by atoms with Gasteiger partial charge in [-0.3, -0.25) is 9.59 Å². The average Bonchev–Trinajstić information content (AvgIpc) is 3.25. The summed E-state index contributed by atoms with van der Waals surface area (Å²) in [6.45, 7) is 6.68. The quantitative estimate of drug-likeness (QED) is 0.254. The van der Waals surface area contributed by atoms with E-state index in [-0.39, 0.29) is 40.5 Å². The van der Waals surface area contributed by atoms with E-state index in [1.54, 1.807) is 12.2 Å². The van der Waals surface area contributed by atoms with Crippen LogP contribution in [0.25, 0.3) is 0 Å². The zero-order valence-corrected chi connectivity index (χ0v) is 22.2. The highest BCUT2D eigenvalue weighted by Gasteiger charge is 2.53. The lowest BCUT2D eigenvalue weighted by Gasteiger charge is -2.55. The van der Waals surface area contributed by atoms with E-state index in [9.17, 15) is 14.4 Å². The van der Waals surface area contributed by atoms with E-state index < -0.39 is 0 Å². The van der Waals surface area contributed by atoms with E-state index in [1.165, 1.54) is 19.3 Å². The number of ether oxygens (including phenoxy) is 1. The molecule has 7 rings (SSSR count). The SMILES string of the molecule is CC1=CC(=O)[C@H]2/C(C=O)=C\C[C@H]3[C@@H]([C@@H](C)/C=C/C(=O)OC45CC6CC(CC(C6)C4)C5)CC[C@]3(C)C[C@H]12. The largest absolute Gasteiger partial charge is 0.456 e. The van der Waals surface area contributed by atoms with Gasteiger partial charge in [0.15, 0.2) is 5.78 Å². The molecule has 4 bridgehead atoms. The monoisotopic (exact) mass is 490 g/mol. The maximum absolute atomic E-state index is 13.0. The van der Waals surface area contributed by atoms with Gasteiger partial charge in [0.05, 0.1) is 5.92 Å². The number of rotatable bonds is 5. The van der Waals surface area contributed by atoms with E-state index in [1.807, 2.05) is 0 Å². The molecule has 0 N–H and O–H groups in total. The number of carbonyl (C=O) groups is 3. The highest BCUT2D eigenvalue weighted by atomic mass is 16.6. The van der Waals surface area contributed by atoms with Crippen LogP contribution in [-0.2, 0) is 19.1 Å². The Labute approximate surface area is 216 Å². The normalized spacial score (nSPS) is 47.4. The molecule has 4 heteroatoms. The van der Waals surface area contributed by atoms with Crippen LogP contribution in [0.2, 0.25) is 0 Å². The summed E-state index contributed by atoms with van der Waals surface area (Å²) in [5.41, 5.74) is 1.75. The molecule has 0 aliphatic heterocycles. The Morgan fingerprint density at radius 3 is 2.42 bits per heavy atom. The lowest BCUT2D eigenvalue weighted by molar-refractivity contribution is -0.181. The van der Waals surface area contributed by atoms with Crippen LogP contribution >= 0.6 is 0 Å². The number of allylic oxidation sites excluding steroid dienone is 5. The first-order valence-corrected chi connectivity index (χ1v) is 14.5. The van der Waals surface area contributed by atoms with Crippen LogP contribution < -0.4 is 0 Å². The summed E-state index contributed by atoms with van der Waals surface area (Å²) in [5.74, 6) is 3.26. The van der Waals surface area contributed by atoms with Crippen LogP contribution in [0.15, 0.2) is 35.5 Å². The van der Waals surface area contributed by atoms with Crippen molar-refractivity contribution in [3.8, 4) is 0 Å². The molecule has 0 radical (unpaired) electrons. The van der Waals surface area contributed by atoms with Gasteiger partial charge in [-0.15, -0.1) is 0 Å². The molecule has 7 aliphatic rings. The standard InChI is InChI=1S/C32H42O4/c1-19(4-7-29(35)36-32-14-21-11-22(15-32)13-23(12-21)16-32)25-8-9-31(3)17-26-20(2)10-28(34)30(26)24(18-33)5-6-27(25)31/h4-5,7,10,18-19,21-23,25-27,30H,6,8-9,11-17H2,1-3H3/b7-4+,24-5-/t19-,21?,22?,23?,25+,26+,27-,30-,31+,32?/m0/s1. The van der Waals surface area contributed by atoms with Gasteiger partial charge in [0.2, 0.25) is 0 Å². The summed E-state index contributed by atoms with van der Waals surface area (Å²) in [6, 6.07) is 0. The zero-order valence-electron chi connectivity index (χ0n) is 22.2. The lowest BCUT2D eigenvalue weighted by atomic mass is 9.54. The summed E-state index contributed by atoms with van der Waals surface area (Å²) in [7, 11) is 0.